The number of hydrogen-bond acceptors (Lipinski definition) is 8. The first kappa shape index (κ1) is 25.0. The first-order valence-corrected chi connectivity index (χ1v) is 13.0. The minimum Gasteiger partial charge on any atom is -0.480 e. The standard InChI is InChI=1S/C26H24ClN5O7/c27-14-38-25(35)30(18-12-32-22(34)9-6-15-3-1-5-17(18)23(15)32)10-2-4-16-11-31(26(36)39-16)20-8-7-19-24(28-20)29-21(33)13-37-19/h1,3,5-9,16,18H,2,4,10-14H2,(H,28,29,33)/t16-,18+/m0/s1. The van der Waals surface area contributed by atoms with Crippen molar-refractivity contribution >= 4 is 52.2 Å². The number of nitrogens with one attached hydrogen (secondary N) is 1. The summed E-state index contributed by atoms with van der Waals surface area (Å²) >= 11 is 5.70. The Hall–Kier alpha value is -4.32. The van der Waals surface area contributed by atoms with E-state index >= 15 is 0 Å². The summed E-state index contributed by atoms with van der Waals surface area (Å²) in [6.07, 6.45) is -0.588. The van der Waals surface area contributed by atoms with Gasteiger partial charge >= 0.3 is 12.2 Å². The molecule has 0 unspecified atom stereocenters. The zero-order chi connectivity index (χ0) is 27.1. The van der Waals surface area contributed by atoms with Gasteiger partial charge in [0.2, 0.25) is 0 Å². The van der Waals surface area contributed by atoms with Gasteiger partial charge in [-0.25, -0.2) is 14.6 Å². The smallest absolute Gasteiger partial charge is 0.415 e. The molecule has 1 fully saturated rings. The highest BCUT2D eigenvalue weighted by atomic mass is 35.5. The van der Waals surface area contributed by atoms with Crippen molar-refractivity contribution in [2.24, 2.45) is 0 Å². The molecule has 13 heteroatoms. The minimum absolute atomic E-state index is 0.0872. The van der Waals surface area contributed by atoms with E-state index in [1.807, 2.05) is 18.2 Å². The van der Waals surface area contributed by atoms with E-state index in [2.05, 4.69) is 10.3 Å². The number of hydrogen-bond donors (Lipinski definition) is 1. The van der Waals surface area contributed by atoms with Crippen molar-refractivity contribution in [1.29, 1.82) is 0 Å². The summed E-state index contributed by atoms with van der Waals surface area (Å²) in [5.41, 5.74) is 1.53. The monoisotopic (exact) mass is 553 g/mol. The highest BCUT2D eigenvalue weighted by Gasteiger charge is 2.36. The first-order chi connectivity index (χ1) is 18.9. The Morgan fingerprint density at radius 3 is 2.87 bits per heavy atom. The van der Waals surface area contributed by atoms with Crippen LogP contribution in [-0.2, 0) is 20.8 Å². The van der Waals surface area contributed by atoms with Gasteiger partial charge in [0.1, 0.15) is 11.9 Å². The Kier molecular flexibility index (Phi) is 6.47. The second-order valence-corrected chi connectivity index (χ2v) is 9.63. The second kappa shape index (κ2) is 10.1. The van der Waals surface area contributed by atoms with E-state index in [1.54, 1.807) is 27.7 Å². The van der Waals surface area contributed by atoms with Crippen LogP contribution in [0.2, 0.25) is 0 Å². The number of anilines is 2. The van der Waals surface area contributed by atoms with E-state index in [0.717, 1.165) is 16.5 Å². The van der Waals surface area contributed by atoms with Crippen LogP contribution >= 0.6 is 11.6 Å². The van der Waals surface area contributed by atoms with Crippen molar-refractivity contribution in [1.82, 2.24) is 14.5 Å². The number of aromatic nitrogens is 2. The number of ether oxygens (including phenoxy) is 3. The molecule has 0 spiro atoms. The van der Waals surface area contributed by atoms with E-state index in [9.17, 15) is 19.2 Å². The zero-order valence-corrected chi connectivity index (χ0v) is 21.4. The van der Waals surface area contributed by atoms with Gasteiger partial charge in [-0.15, -0.1) is 0 Å². The molecule has 5 heterocycles. The fraction of sp³-hybridized carbons (Fsp3) is 0.346. The lowest BCUT2D eigenvalue weighted by molar-refractivity contribution is -0.118. The first-order valence-electron chi connectivity index (χ1n) is 12.5. The lowest BCUT2D eigenvalue weighted by Crippen LogP contribution is -2.37. The van der Waals surface area contributed by atoms with Crippen LogP contribution in [0.4, 0.5) is 21.2 Å². The molecule has 2 atom stereocenters. The maximum absolute atomic E-state index is 12.9. The van der Waals surface area contributed by atoms with Crippen LogP contribution in [0, 0.1) is 0 Å². The number of cyclic esters (lactones) is 1. The van der Waals surface area contributed by atoms with Crippen molar-refractivity contribution in [3.8, 4) is 5.75 Å². The topological polar surface area (TPSA) is 132 Å². The second-order valence-electron chi connectivity index (χ2n) is 9.41. The number of benzene rings is 1. The third-order valence-corrected chi connectivity index (χ3v) is 7.19. The molecule has 3 aromatic rings. The van der Waals surface area contributed by atoms with Crippen molar-refractivity contribution in [2.45, 2.75) is 31.5 Å². The molecule has 3 amide bonds. The average Bonchev–Trinajstić information content (AvgIpc) is 3.50. The largest absolute Gasteiger partial charge is 0.480 e. The summed E-state index contributed by atoms with van der Waals surface area (Å²) in [5, 5.41) is 3.54. The summed E-state index contributed by atoms with van der Waals surface area (Å²) in [5.74, 6) is 0.693. The van der Waals surface area contributed by atoms with Crippen molar-refractivity contribution in [3.63, 3.8) is 0 Å². The molecule has 6 rings (SSSR count). The fourth-order valence-electron chi connectivity index (χ4n) is 5.33. The maximum atomic E-state index is 12.9. The molecule has 0 radical (unpaired) electrons. The van der Waals surface area contributed by atoms with E-state index in [4.69, 9.17) is 25.8 Å². The van der Waals surface area contributed by atoms with Gasteiger partial charge < -0.3 is 24.1 Å². The maximum Gasteiger partial charge on any atom is 0.415 e. The van der Waals surface area contributed by atoms with Gasteiger partial charge in [-0.2, -0.15) is 0 Å². The molecule has 2 aromatic heterocycles. The zero-order valence-electron chi connectivity index (χ0n) is 20.7. The summed E-state index contributed by atoms with van der Waals surface area (Å²) < 4.78 is 17.7. The van der Waals surface area contributed by atoms with Crippen molar-refractivity contribution < 1.29 is 28.6 Å². The molecule has 0 saturated carbocycles. The summed E-state index contributed by atoms with van der Waals surface area (Å²) in [7, 11) is 0. The summed E-state index contributed by atoms with van der Waals surface area (Å²) in [6.45, 7) is 0.780. The van der Waals surface area contributed by atoms with Crippen LogP contribution in [-0.4, -0.2) is 64.4 Å². The molecule has 0 bridgehead atoms. The van der Waals surface area contributed by atoms with Gasteiger partial charge in [-0.1, -0.05) is 29.8 Å². The van der Waals surface area contributed by atoms with E-state index < -0.39 is 24.3 Å². The Labute approximate surface area is 227 Å². The number of pyridine rings is 2. The summed E-state index contributed by atoms with van der Waals surface area (Å²) in [6, 6.07) is 11.6. The van der Waals surface area contributed by atoms with Gasteiger partial charge in [-0.3, -0.25) is 19.4 Å². The molecule has 1 saturated heterocycles. The number of halogens is 1. The lowest BCUT2D eigenvalue weighted by Gasteiger charge is -2.28. The number of alkyl halides is 1. The van der Waals surface area contributed by atoms with Gasteiger partial charge in [0.25, 0.3) is 11.5 Å². The molecule has 3 aliphatic rings. The number of para-hydroxylation sites is 1. The predicted molar refractivity (Wildman–Crippen MR) is 140 cm³/mol. The molecule has 39 heavy (non-hydrogen) atoms. The van der Waals surface area contributed by atoms with Crippen LogP contribution in [0.15, 0.2) is 47.3 Å². The third kappa shape index (κ3) is 4.60. The number of nitrogens with zero attached hydrogens (tertiary/aromatic N) is 4. The molecular weight excluding hydrogens is 530 g/mol. The number of carbonyl (C=O) groups is 3. The molecular formula is C26H24ClN5O7. The third-order valence-electron chi connectivity index (χ3n) is 7.08. The highest BCUT2D eigenvalue weighted by Crippen LogP contribution is 2.36. The average molecular weight is 554 g/mol. The van der Waals surface area contributed by atoms with E-state index in [0.29, 0.717) is 37.5 Å². The van der Waals surface area contributed by atoms with Gasteiger partial charge in [0, 0.05) is 18.2 Å². The Morgan fingerprint density at radius 2 is 2.03 bits per heavy atom. The van der Waals surface area contributed by atoms with Crippen LogP contribution in [0.5, 0.6) is 5.75 Å². The number of amides is 3. The minimum atomic E-state index is -0.583. The van der Waals surface area contributed by atoms with Crippen LogP contribution < -0.4 is 20.5 Å². The molecule has 12 nitrogen and oxygen atoms in total. The predicted octanol–water partition coefficient (Wildman–Crippen LogP) is 3.22. The molecule has 1 aromatic carbocycles. The molecule has 202 valence electrons. The van der Waals surface area contributed by atoms with Crippen molar-refractivity contribution in [2.75, 3.05) is 36.0 Å². The van der Waals surface area contributed by atoms with E-state index in [-0.39, 0.29) is 36.5 Å². The Morgan fingerprint density at radius 1 is 1.15 bits per heavy atom. The number of fused-ring (bicyclic) bond motifs is 1. The van der Waals surface area contributed by atoms with Gasteiger partial charge in [0.15, 0.2) is 24.2 Å². The number of carbonyl (C=O) groups excluding carboxylic acids is 3. The highest BCUT2D eigenvalue weighted by molar-refractivity contribution is 6.17. The van der Waals surface area contributed by atoms with Gasteiger partial charge in [0.05, 0.1) is 24.6 Å². The number of rotatable bonds is 7. The van der Waals surface area contributed by atoms with Crippen LogP contribution in [0.25, 0.3) is 10.9 Å². The Balaban J connectivity index is 1.14. The molecule has 1 N–H and O–H groups in total. The summed E-state index contributed by atoms with van der Waals surface area (Å²) in [4.78, 5) is 57.0. The lowest BCUT2D eigenvalue weighted by atomic mass is 10.0. The Bertz CT molecular complexity index is 1540. The quantitative estimate of drug-likeness (QED) is 0.441. The SMILES string of the molecule is O=C1COc2ccc(N3C[C@H](CCCN(C(=O)OCCl)[C@@H]4Cn5c(=O)ccc6cccc4c65)OC3=O)nc2N1. The van der Waals surface area contributed by atoms with Crippen molar-refractivity contribution in [3.05, 3.63) is 58.4 Å². The van der Waals surface area contributed by atoms with E-state index in [1.165, 1.54) is 11.0 Å². The van der Waals surface area contributed by atoms with Crippen LogP contribution in [0.3, 0.4) is 0 Å². The molecule has 3 aliphatic heterocycles. The van der Waals surface area contributed by atoms with Crippen LogP contribution in [0.1, 0.15) is 24.4 Å². The van der Waals surface area contributed by atoms with Gasteiger partial charge in [-0.05, 0) is 36.4 Å². The fourth-order valence-corrected chi connectivity index (χ4v) is 5.42. The normalized spacial score (nSPS) is 19.4. The molecule has 0 aliphatic carbocycles.